The van der Waals surface area contributed by atoms with Crippen molar-refractivity contribution in [3.05, 3.63) is 32.7 Å². The van der Waals surface area contributed by atoms with Crippen molar-refractivity contribution in [2.24, 2.45) is 5.92 Å². The van der Waals surface area contributed by atoms with Crippen molar-refractivity contribution < 1.29 is 5.11 Å². The fourth-order valence-electron chi connectivity index (χ4n) is 1.73. The second-order valence-electron chi connectivity index (χ2n) is 3.69. The third-order valence-electron chi connectivity index (χ3n) is 2.78. The summed E-state index contributed by atoms with van der Waals surface area (Å²) in [5, 5.41) is 10.2. The molecule has 0 spiro atoms. The van der Waals surface area contributed by atoms with Crippen molar-refractivity contribution in [3.63, 3.8) is 0 Å². The minimum absolute atomic E-state index is 0.336. The van der Waals surface area contributed by atoms with Crippen LogP contribution in [0.15, 0.2) is 27.1 Å². The summed E-state index contributed by atoms with van der Waals surface area (Å²) in [6.07, 6.45) is 1.63. The Kier molecular flexibility index (Phi) is 5.30. The summed E-state index contributed by atoms with van der Waals surface area (Å²) in [5.41, 5.74) is 0.979. The smallest absolute Gasteiger partial charge is 0.0828 e. The SMILES string of the molecule is CCC(CC)C(O)c1ccc(Br)cc1Br. The standard InChI is InChI=1S/C12H16Br2O/c1-3-8(4-2)12(15)10-6-5-9(13)7-11(10)14/h5-8,12,15H,3-4H2,1-2H3. The van der Waals surface area contributed by atoms with Crippen LogP contribution in [0.2, 0.25) is 0 Å². The van der Waals surface area contributed by atoms with E-state index >= 15 is 0 Å². The minimum atomic E-state index is -0.373. The van der Waals surface area contributed by atoms with Crippen LogP contribution in [-0.2, 0) is 0 Å². The highest BCUT2D eigenvalue weighted by Gasteiger charge is 2.19. The zero-order valence-corrected chi connectivity index (χ0v) is 12.2. The average molecular weight is 336 g/mol. The lowest BCUT2D eigenvalue weighted by Crippen LogP contribution is -2.11. The highest BCUT2D eigenvalue weighted by Crippen LogP contribution is 2.33. The topological polar surface area (TPSA) is 20.2 Å². The fraction of sp³-hybridized carbons (Fsp3) is 0.500. The zero-order chi connectivity index (χ0) is 11.4. The molecule has 1 rings (SSSR count). The number of hydrogen-bond acceptors (Lipinski definition) is 1. The van der Waals surface area contributed by atoms with Gasteiger partial charge in [-0.25, -0.2) is 0 Å². The molecule has 1 aromatic carbocycles. The maximum Gasteiger partial charge on any atom is 0.0828 e. The Balaban J connectivity index is 2.94. The summed E-state index contributed by atoms with van der Waals surface area (Å²) < 4.78 is 1.99. The molecule has 1 N–H and O–H groups in total. The van der Waals surface area contributed by atoms with Gasteiger partial charge in [-0.3, -0.25) is 0 Å². The first-order chi connectivity index (χ1) is 7.10. The molecule has 84 valence electrons. The lowest BCUT2D eigenvalue weighted by molar-refractivity contribution is 0.103. The van der Waals surface area contributed by atoms with Crippen molar-refractivity contribution in [2.45, 2.75) is 32.8 Å². The third-order valence-corrected chi connectivity index (χ3v) is 3.96. The van der Waals surface area contributed by atoms with Crippen molar-refractivity contribution >= 4 is 31.9 Å². The molecule has 0 heterocycles. The van der Waals surface area contributed by atoms with Crippen molar-refractivity contribution in [2.75, 3.05) is 0 Å². The van der Waals surface area contributed by atoms with Gasteiger partial charge in [0, 0.05) is 8.95 Å². The lowest BCUT2D eigenvalue weighted by Gasteiger charge is -2.21. The van der Waals surface area contributed by atoms with E-state index < -0.39 is 0 Å². The quantitative estimate of drug-likeness (QED) is 0.846. The van der Waals surface area contributed by atoms with Crippen LogP contribution in [0, 0.1) is 5.92 Å². The van der Waals surface area contributed by atoms with Gasteiger partial charge in [0.1, 0.15) is 0 Å². The van der Waals surface area contributed by atoms with Crippen molar-refractivity contribution in [1.82, 2.24) is 0 Å². The minimum Gasteiger partial charge on any atom is -0.388 e. The van der Waals surface area contributed by atoms with Crippen LogP contribution in [0.4, 0.5) is 0 Å². The van der Waals surface area contributed by atoms with Gasteiger partial charge in [0.15, 0.2) is 0 Å². The van der Waals surface area contributed by atoms with Crippen LogP contribution in [0.3, 0.4) is 0 Å². The summed E-state index contributed by atoms with van der Waals surface area (Å²) in [6, 6.07) is 5.91. The Morgan fingerprint density at radius 1 is 1.20 bits per heavy atom. The van der Waals surface area contributed by atoms with Gasteiger partial charge in [-0.05, 0) is 23.6 Å². The normalized spacial score (nSPS) is 13.2. The van der Waals surface area contributed by atoms with Crippen LogP contribution < -0.4 is 0 Å². The van der Waals surface area contributed by atoms with E-state index in [1.807, 2.05) is 18.2 Å². The van der Waals surface area contributed by atoms with E-state index in [0.29, 0.717) is 5.92 Å². The third kappa shape index (κ3) is 3.30. The lowest BCUT2D eigenvalue weighted by atomic mass is 9.91. The van der Waals surface area contributed by atoms with Gasteiger partial charge in [0.05, 0.1) is 6.10 Å². The van der Waals surface area contributed by atoms with Crippen LogP contribution in [-0.4, -0.2) is 5.11 Å². The highest BCUT2D eigenvalue weighted by molar-refractivity contribution is 9.11. The molecule has 0 aliphatic carbocycles. The zero-order valence-electron chi connectivity index (χ0n) is 9.00. The molecule has 1 atom stereocenters. The Hall–Kier alpha value is 0.140. The van der Waals surface area contributed by atoms with Crippen molar-refractivity contribution in [1.29, 1.82) is 0 Å². The number of aliphatic hydroxyl groups excluding tert-OH is 1. The monoisotopic (exact) mass is 334 g/mol. The molecular weight excluding hydrogens is 320 g/mol. The molecule has 0 saturated heterocycles. The second-order valence-corrected chi connectivity index (χ2v) is 5.46. The van der Waals surface area contributed by atoms with Gasteiger partial charge < -0.3 is 5.11 Å². The number of halogens is 2. The molecule has 0 radical (unpaired) electrons. The predicted molar refractivity (Wildman–Crippen MR) is 70.9 cm³/mol. The molecule has 0 aliphatic heterocycles. The van der Waals surface area contributed by atoms with Crippen molar-refractivity contribution in [3.8, 4) is 0 Å². The predicted octanol–water partition coefficient (Wildman–Crippen LogP) is 4.68. The molecule has 1 aromatic rings. The molecule has 0 aliphatic rings. The molecule has 0 amide bonds. The molecule has 3 heteroatoms. The Bertz CT molecular complexity index is 321. The summed E-state index contributed by atoms with van der Waals surface area (Å²) in [7, 11) is 0. The number of aliphatic hydroxyl groups is 1. The van der Waals surface area contributed by atoms with E-state index in [-0.39, 0.29) is 6.10 Å². The molecular formula is C12H16Br2O. The van der Waals surface area contributed by atoms with E-state index in [4.69, 9.17) is 0 Å². The first kappa shape index (κ1) is 13.2. The van der Waals surface area contributed by atoms with E-state index in [1.165, 1.54) is 0 Å². The largest absolute Gasteiger partial charge is 0.388 e. The van der Waals surface area contributed by atoms with Gasteiger partial charge in [-0.1, -0.05) is 64.6 Å². The van der Waals surface area contributed by atoms with Gasteiger partial charge in [-0.15, -0.1) is 0 Å². The van der Waals surface area contributed by atoms with Crippen LogP contribution in [0.5, 0.6) is 0 Å². The number of rotatable bonds is 4. The van der Waals surface area contributed by atoms with Crippen LogP contribution in [0.25, 0.3) is 0 Å². The summed E-state index contributed by atoms with van der Waals surface area (Å²) in [5.74, 6) is 0.336. The van der Waals surface area contributed by atoms with E-state index in [0.717, 1.165) is 27.4 Å². The van der Waals surface area contributed by atoms with Gasteiger partial charge in [0.2, 0.25) is 0 Å². The fourth-order valence-corrected chi connectivity index (χ4v) is 3.01. The summed E-state index contributed by atoms with van der Waals surface area (Å²) in [4.78, 5) is 0. The second kappa shape index (κ2) is 6.02. The number of hydrogen-bond donors (Lipinski definition) is 1. The molecule has 1 unspecified atom stereocenters. The van der Waals surface area contributed by atoms with Crippen LogP contribution in [0.1, 0.15) is 38.4 Å². The molecule has 1 nitrogen and oxygen atoms in total. The molecule has 0 saturated carbocycles. The first-order valence-corrected chi connectivity index (χ1v) is 6.81. The summed E-state index contributed by atoms with van der Waals surface area (Å²) >= 11 is 6.89. The maximum absolute atomic E-state index is 10.2. The molecule has 0 fully saturated rings. The maximum atomic E-state index is 10.2. The molecule has 0 aromatic heterocycles. The first-order valence-electron chi connectivity index (χ1n) is 5.23. The van der Waals surface area contributed by atoms with Crippen LogP contribution >= 0.6 is 31.9 Å². The van der Waals surface area contributed by atoms with E-state index in [1.54, 1.807) is 0 Å². The Morgan fingerprint density at radius 3 is 2.27 bits per heavy atom. The molecule has 0 bridgehead atoms. The molecule has 15 heavy (non-hydrogen) atoms. The Morgan fingerprint density at radius 2 is 1.80 bits per heavy atom. The average Bonchev–Trinajstić information content (AvgIpc) is 2.19. The van der Waals surface area contributed by atoms with Gasteiger partial charge >= 0.3 is 0 Å². The van der Waals surface area contributed by atoms with E-state index in [9.17, 15) is 5.11 Å². The van der Waals surface area contributed by atoms with Gasteiger partial charge in [0.25, 0.3) is 0 Å². The van der Waals surface area contributed by atoms with E-state index in [2.05, 4.69) is 45.7 Å². The number of benzene rings is 1. The summed E-state index contributed by atoms with van der Waals surface area (Å²) in [6.45, 7) is 4.23. The Labute approximate surface area is 108 Å². The van der Waals surface area contributed by atoms with Gasteiger partial charge in [-0.2, -0.15) is 0 Å². The highest BCUT2D eigenvalue weighted by atomic mass is 79.9.